The molecular weight excluding hydrogens is 204 g/mol. The molecule has 0 amide bonds. The van der Waals surface area contributed by atoms with Crippen LogP contribution >= 0.6 is 11.8 Å². The van der Waals surface area contributed by atoms with Crippen molar-refractivity contribution in [3.05, 3.63) is 0 Å². The highest BCUT2D eigenvalue weighted by Gasteiger charge is 2.44. The lowest BCUT2D eigenvalue weighted by Gasteiger charge is -2.46. The number of fused-ring (bicyclic) bond motifs is 2. The minimum absolute atomic E-state index is 0.558. The van der Waals surface area contributed by atoms with Crippen LogP contribution in [0.1, 0.15) is 32.1 Å². The minimum atomic E-state index is 0.558. The third-order valence-electron chi connectivity index (χ3n) is 4.48. The Labute approximate surface area is 97.2 Å². The Balaban J connectivity index is 1.84. The highest BCUT2D eigenvalue weighted by molar-refractivity contribution is 7.99. The first-order valence-electron chi connectivity index (χ1n) is 6.46. The van der Waals surface area contributed by atoms with E-state index in [1.165, 1.54) is 63.2 Å². The van der Waals surface area contributed by atoms with Gasteiger partial charge in [-0.2, -0.15) is 11.8 Å². The smallest absolute Gasteiger partial charge is 0.0337 e. The summed E-state index contributed by atoms with van der Waals surface area (Å²) in [6.45, 7) is 3.84. The Hall–Kier alpha value is 0.270. The molecule has 0 bridgehead atoms. The Morgan fingerprint density at radius 2 is 2.13 bits per heavy atom. The van der Waals surface area contributed by atoms with E-state index in [4.69, 9.17) is 0 Å². The normalized spacial score (nSPS) is 36.4. The molecule has 1 spiro atoms. The number of nitrogens with one attached hydrogen (secondary N) is 1. The van der Waals surface area contributed by atoms with Crippen LogP contribution in [0.4, 0.5) is 0 Å². The molecule has 0 aromatic rings. The molecule has 1 aliphatic carbocycles. The van der Waals surface area contributed by atoms with Gasteiger partial charge in [0, 0.05) is 36.2 Å². The summed E-state index contributed by atoms with van der Waals surface area (Å²) in [7, 11) is 0. The maximum Gasteiger partial charge on any atom is 0.0337 e. The summed E-state index contributed by atoms with van der Waals surface area (Å²) in [6.07, 6.45) is 7.17. The summed E-state index contributed by atoms with van der Waals surface area (Å²) < 4.78 is 0. The van der Waals surface area contributed by atoms with E-state index in [0.29, 0.717) is 5.54 Å². The predicted octanol–water partition coefficient (Wildman–Crippen LogP) is 1.71. The largest absolute Gasteiger partial charge is 0.315 e. The van der Waals surface area contributed by atoms with Gasteiger partial charge in [0.2, 0.25) is 0 Å². The molecule has 86 valence electrons. The minimum Gasteiger partial charge on any atom is -0.315 e. The quantitative estimate of drug-likeness (QED) is 0.677. The van der Waals surface area contributed by atoms with Crippen molar-refractivity contribution in [3.8, 4) is 0 Å². The molecular formula is C12H22N2S. The molecule has 2 heterocycles. The van der Waals surface area contributed by atoms with E-state index in [2.05, 4.69) is 22.0 Å². The Bertz CT molecular complexity index is 226. The first-order chi connectivity index (χ1) is 7.41. The van der Waals surface area contributed by atoms with Gasteiger partial charge < -0.3 is 5.32 Å². The van der Waals surface area contributed by atoms with Crippen molar-refractivity contribution in [3.63, 3.8) is 0 Å². The number of hydrogen-bond donors (Lipinski definition) is 1. The summed E-state index contributed by atoms with van der Waals surface area (Å²) >= 11 is 2.16. The van der Waals surface area contributed by atoms with Crippen molar-refractivity contribution in [1.29, 1.82) is 0 Å². The summed E-state index contributed by atoms with van der Waals surface area (Å²) in [6, 6.07) is 0.872. The van der Waals surface area contributed by atoms with Crippen molar-refractivity contribution in [2.24, 2.45) is 0 Å². The molecule has 1 unspecified atom stereocenters. The molecule has 3 aliphatic rings. The zero-order valence-corrected chi connectivity index (χ0v) is 10.3. The van der Waals surface area contributed by atoms with Crippen LogP contribution in [0.15, 0.2) is 0 Å². The van der Waals surface area contributed by atoms with Gasteiger partial charge in [-0.3, -0.25) is 4.90 Å². The first kappa shape index (κ1) is 10.4. The molecule has 2 nitrogen and oxygen atoms in total. The SMILES string of the molecule is C1CCC2(C1)CNCCC1CSCCN12. The van der Waals surface area contributed by atoms with E-state index in [-0.39, 0.29) is 0 Å². The lowest BCUT2D eigenvalue weighted by molar-refractivity contribution is 0.0704. The summed E-state index contributed by atoms with van der Waals surface area (Å²) in [5.41, 5.74) is 0.558. The lowest BCUT2D eigenvalue weighted by atomic mass is 9.93. The Morgan fingerprint density at radius 3 is 3.00 bits per heavy atom. The van der Waals surface area contributed by atoms with Crippen molar-refractivity contribution >= 4 is 11.8 Å². The van der Waals surface area contributed by atoms with E-state index in [1.54, 1.807) is 0 Å². The van der Waals surface area contributed by atoms with Crippen LogP contribution in [0.2, 0.25) is 0 Å². The predicted molar refractivity (Wildman–Crippen MR) is 66.5 cm³/mol. The molecule has 1 N–H and O–H groups in total. The maximum absolute atomic E-state index is 3.69. The molecule has 0 aromatic heterocycles. The highest BCUT2D eigenvalue weighted by atomic mass is 32.2. The van der Waals surface area contributed by atoms with Crippen LogP contribution in [0.3, 0.4) is 0 Å². The highest BCUT2D eigenvalue weighted by Crippen LogP contribution is 2.39. The van der Waals surface area contributed by atoms with Crippen LogP contribution in [-0.2, 0) is 0 Å². The molecule has 0 aromatic carbocycles. The van der Waals surface area contributed by atoms with Gasteiger partial charge in [-0.25, -0.2) is 0 Å². The first-order valence-corrected chi connectivity index (χ1v) is 7.61. The third-order valence-corrected chi connectivity index (χ3v) is 5.57. The monoisotopic (exact) mass is 226 g/mol. The standard InChI is InChI=1S/C12H22N2S/c1-2-5-12(4-1)10-13-6-3-11-9-15-8-7-14(11)12/h11,13H,1-10H2. The fourth-order valence-electron chi connectivity index (χ4n) is 3.71. The van der Waals surface area contributed by atoms with Crippen LogP contribution in [0.25, 0.3) is 0 Å². The number of thioether (sulfide) groups is 1. The molecule has 3 rings (SSSR count). The molecule has 2 saturated heterocycles. The van der Waals surface area contributed by atoms with E-state index < -0.39 is 0 Å². The van der Waals surface area contributed by atoms with Gasteiger partial charge in [0.05, 0.1) is 0 Å². The molecule has 1 saturated carbocycles. The number of hydrogen-bond acceptors (Lipinski definition) is 3. The second kappa shape index (κ2) is 4.27. The molecule has 3 heteroatoms. The third kappa shape index (κ3) is 1.83. The Morgan fingerprint density at radius 1 is 1.27 bits per heavy atom. The van der Waals surface area contributed by atoms with Crippen LogP contribution in [0, 0.1) is 0 Å². The number of rotatable bonds is 0. The van der Waals surface area contributed by atoms with Gasteiger partial charge in [-0.15, -0.1) is 0 Å². The summed E-state index contributed by atoms with van der Waals surface area (Å²) in [5, 5.41) is 3.69. The van der Waals surface area contributed by atoms with Crippen molar-refractivity contribution in [1.82, 2.24) is 10.2 Å². The fraction of sp³-hybridized carbons (Fsp3) is 1.00. The van der Waals surface area contributed by atoms with Gasteiger partial charge in [0.1, 0.15) is 0 Å². The molecule has 1 atom stereocenters. The topological polar surface area (TPSA) is 15.3 Å². The van der Waals surface area contributed by atoms with Crippen molar-refractivity contribution in [2.45, 2.75) is 43.7 Å². The average molecular weight is 226 g/mol. The van der Waals surface area contributed by atoms with Gasteiger partial charge in [-0.05, 0) is 25.8 Å². The maximum atomic E-state index is 3.69. The average Bonchev–Trinajstić information content (AvgIpc) is 2.66. The second-order valence-electron chi connectivity index (χ2n) is 5.32. The summed E-state index contributed by atoms with van der Waals surface area (Å²) in [4.78, 5) is 2.89. The molecule has 0 radical (unpaired) electrons. The number of nitrogens with zero attached hydrogens (tertiary/aromatic N) is 1. The zero-order valence-electron chi connectivity index (χ0n) is 9.50. The fourth-order valence-corrected chi connectivity index (χ4v) is 4.82. The van der Waals surface area contributed by atoms with E-state index in [0.717, 1.165) is 6.04 Å². The van der Waals surface area contributed by atoms with Crippen molar-refractivity contribution < 1.29 is 0 Å². The molecule has 2 aliphatic heterocycles. The van der Waals surface area contributed by atoms with Gasteiger partial charge >= 0.3 is 0 Å². The molecule has 3 fully saturated rings. The van der Waals surface area contributed by atoms with Gasteiger partial charge in [0.25, 0.3) is 0 Å². The lowest BCUT2D eigenvalue weighted by Crippen LogP contribution is -2.57. The van der Waals surface area contributed by atoms with Crippen LogP contribution in [0.5, 0.6) is 0 Å². The van der Waals surface area contributed by atoms with E-state index in [1.807, 2.05) is 0 Å². The van der Waals surface area contributed by atoms with Gasteiger partial charge in [-0.1, -0.05) is 12.8 Å². The van der Waals surface area contributed by atoms with Crippen LogP contribution < -0.4 is 5.32 Å². The Kier molecular flexibility index (Phi) is 2.97. The van der Waals surface area contributed by atoms with Crippen molar-refractivity contribution in [2.75, 3.05) is 31.1 Å². The summed E-state index contributed by atoms with van der Waals surface area (Å²) in [5.74, 6) is 2.74. The second-order valence-corrected chi connectivity index (χ2v) is 6.47. The van der Waals surface area contributed by atoms with E-state index in [9.17, 15) is 0 Å². The van der Waals surface area contributed by atoms with E-state index >= 15 is 0 Å². The molecule has 15 heavy (non-hydrogen) atoms. The zero-order chi connectivity index (χ0) is 10.1. The van der Waals surface area contributed by atoms with Crippen LogP contribution in [-0.4, -0.2) is 47.6 Å². The van der Waals surface area contributed by atoms with Gasteiger partial charge in [0.15, 0.2) is 0 Å².